The Hall–Kier alpha value is -3.28. The van der Waals surface area contributed by atoms with Gasteiger partial charge in [-0.15, -0.1) is 0 Å². The van der Waals surface area contributed by atoms with Crippen molar-refractivity contribution in [1.29, 1.82) is 0 Å². The minimum absolute atomic E-state index is 0.0587. The van der Waals surface area contributed by atoms with Crippen LogP contribution >= 0.6 is 0 Å². The van der Waals surface area contributed by atoms with Gasteiger partial charge in [-0.05, 0) is 36.8 Å². The van der Waals surface area contributed by atoms with Crippen molar-refractivity contribution in [3.8, 4) is 5.75 Å². The van der Waals surface area contributed by atoms with E-state index in [9.17, 15) is 14.7 Å². The summed E-state index contributed by atoms with van der Waals surface area (Å²) in [5.41, 5.74) is 2.45. The Morgan fingerprint density at radius 2 is 1.88 bits per heavy atom. The maximum atomic E-state index is 12.4. The summed E-state index contributed by atoms with van der Waals surface area (Å²) in [4.78, 5) is 24.0. The van der Waals surface area contributed by atoms with Crippen molar-refractivity contribution >= 4 is 22.8 Å². The van der Waals surface area contributed by atoms with Crippen LogP contribution in [0.2, 0.25) is 0 Å². The van der Waals surface area contributed by atoms with Gasteiger partial charge in [-0.1, -0.05) is 29.8 Å². The molecule has 0 spiro atoms. The number of ether oxygens (including phenoxy) is 1. The van der Waals surface area contributed by atoms with Crippen LogP contribution in [-0.2, 0) is 11.2 Å². The number of aliphatic carboxylic acids is 1. The van der Waals surface area contributed by atoms with Gasteiger partial charge in [0.2, 0.25) is 0 Å². The lowest BCUT2D eigenvalue weighted by Gasteiger charge is -2.13. The first-order chi connectivity index (χ1) is 12.5. The molecule has 2 aromatic carbocycles. The van der Waals surface area contributed by atoms with Crippen LogP contribution in [0.1, 0.15) is 21.7 Å². The zero-order valence-electron chi connectivity index (χ0n) is 14.5. The molecule has 0 saturated heterocycles. The monoisotopic (exact) mass is 353 g/mol. The van der Waals surface area contributed by atoms with Crippen LogP contribution in [0.3, 0.4) is 0 Å². The Labute approximate surface area is 150 Å². The maximum absolute atomic E-state index is 12.4. The number of fused-ring (bicyclic) bond motifs is 1. The number of methoxy groups -OCH3 is 1. The van der Waals surface area contributed by atoms with E-state index < -0.39 is 17.9 Å². The van der Waals surface area contributed by atoms with Crippen molar-refractivity contribution in [2.24, 2.45) is 0 Å². The van der Waals surface area contributed by atoms with E-state index in [1.165, 1.54) is 0 Å². The van der Waals surface area contributed by atoms with Crippen molar-refractivity contribution < 1.29 is 23.8 Å². The van der Waals surface area contributed by atoms with E-state index >= 15 is 0 Å². The first-order valence-corrected chi connectivity index (χ1v) is 8.13. The van der Waals surface area contributed by atoms with Crippen LogP contribution in [0.4, 0.5) is 0 Å². The van der Waals surface area contributed by atoms with Crippen molar-refractivity contribution in [2.75, 3.05) is 7.11 Å². The molecule has 1 heterocycles. The molecule has 0 unspecified atom stereocenters. The number of furan rings is 1. The van der Waals surface area contributed by atoms with Crippen LogP contribution in [0.15, 0.2) is 52.9 Å². The first kappa shape index (κ1) is 17.5. The molecule has 1 amide bonds. The number of hydrogen-bond acceptors (Lipinski definition) is 4. The van der Waals surface area contributed by atoms with E-state index in [4.69, 9.17) is 9.15 Å². The highest BCUT2D eigenvalue weighted by Gasteiger charge is 2.23. The molecule has 0 saturated carbocycles. The number of carboxylic acid groups (broad SMARTS) is 1. The standard InChI is InChI=1S/C20H19NO5/c1-12-3-5-13(6-4-12)9-16(20(23)24)21-19(22)18-11-14-10-15(25-2)7-8-17(14)26-18/h3-8,10-11,16H,9H2,1-2H3,(H,21,22)(H,23,24)/t16-/m0/s1. The number of carboxylic acids is 1. The van der Waals surface area contributed by atoms with Crippen LogP contribution in [0, 0.1) is 6.92 Å². The van der Waals surface area contributed by atoms with Crippen LogP contribution in [0.5, 0.6) is 5.75 Å². The number of rotatable bonds is 6. The second-order valence-corrected chi connectivity index (χ2v) is 6.07. The summed E-state index contributed by atoms with van der Waals surface area (Å²) in [6.45, 7) is 1.96. The van der Waals surface area contributed by atoms with Gasteiger partial charge in [0.15, 0.2) is 5.76 Å². The Kier molecular flexibility index (Phi) is 4.93. The number of nitrogens with one attached hydrogen (secondary N) is 1. The molecule has 0 bridgehead atoms. The summed E-state index contributed by atoms with van der Waals surface area (Å²) in [5, 5.41) is 12.7. The molecular formula is C20H19NO5. The molecule has 6 heteroatoms. The second-order valence-electron chi connectivity index (χ2n) is 6.07. The molecule has 6 nitrogen and oxygen atoms in total. The molecule has 1 aromatic heterocycles. The molecule has 3 aromatic rings. The summed E-state index contributed by atoms with van der Waals surface area (Å²) in [7, 11) is 1.55. The highest BCUT2D eigenvalue weighted by atomic mass is 16.5. The molecule has 0 fully saturated rings. The molecule has 0 aliphatic heterocycles. The van der Waals surface area contributed by atoms with Gasteiger partial charge < -0.3 is 19.6 Å². The molecule has 0 radical (unpaired) electrons. The van der Waals surface area contributed by atoms with Gasteiger partial charge >= 0.3 is 5.97 Å². The quantitative estimate of drug-likeness (QED) is 0.710. The van der Waals surface area contributed by atoms with Gasteiger partial charge in [0.05, 0.1) is 7.11 Å². The molecular weight excluding hydrogens is 334 g/mol. The predicted molar refractivity (Wildman–Crippen MR) is 96.5 cm³/mol. The molecule has 2 N–H and O–H groups in total. The summed E-state index contributed by atoms with van der Waals surface area (Å²) in [6, 6.07) is 13.2. The largest absolute Gasteiger partial charge is 0.497 e. The lowest BCUT2D eigenvalue weighted by Crippen LogP contribution is -2.42. The van der Waals surface area contributed by atoms with Gasteiger partial charge in [-0.3, -0.25) is 4.79 Å². The Morgan fingerprint density at radius 3 is 2.54 bits per heavy atom. The predicted octanol–water partition coefficient (Wildman–Crippen LogP) is 3.18. The molecule has 0 aliphatic rings. The van der Waals surface area contributed by atoms with Gasteiger partial charge in [0.1, 0.15) is 17.4 Å². The zero-order valence-corrected chi connectivity index (χ0v) is 14.5. The summed E-state index contributed by atoms with van der Waals surface area (Å²) < 4.78 is 10.7. The fourth-order valence-electron chi connectivity index (χ4n) is 2.65. The highest BCUT2D eigenvalue weighted by molar-refractivity contribution is 5.98. The average Bonchev–Trinajstić information content (AvgIpc) is 3.06. The number of carbonyl (C=O) groups excluding carboxylic acids is 1. The third-order valence-electron chi connectivity index (χ3n) is 4.11. The maximum Gasteiger partial charge on any atom is 0.326 e. The topological polar surface area (TPSA) is 88.8 Å². The van der Waals surface area contributed by atoms with E-state index in [1.807, 2.05) is 31.2 Å². The van der Waals surface area contributed by atoms with Crippen LogP contribution in [-0.4, -0.2) is 30.1 Å². The smallest absolute Gasteiger partial charge is 0.326 e. The summed E-state index contributed by atoms with van der Waals surface area (Å²) >= 11 is 0. The minimum Gasteiger partial charge on any atom is -0.497 e. The molecule has 1 atom stereocenters. The SMILES string of the molecule is COc1ccc2oc(C(=O)N[C@@H](Cc3ccc(C)cc3)C(=O)O)cc2c1. The van der Waals surface area contributed by atoms with Crippen LogP contribution in [0.25, 0.3) is 11.0 Å². The van der Waals surface area contributed by atoms with Crippen molar-refractivity contribution in [2.45, 2.75) is 19.4 Å². The Bertz CT molecular complexity index is 942. The lowest BCUT2D eigenvalue weighted by atomic mass is 10.0. The summed E-state index contributed by atoms with van der Waals surface area (Å²) in [6.07, 6.45) is 0.190. The minimum atomic E-state index is -1.10. The van der Waals surface area contributed by atoms with E-state index in [-0.39, 0.29) is 12.2 Å². The zero-order chi connectivity index (χ0) is 18.7. The number of amides is 1. The normalized spacial score (nSPS) is 11.9. The second kappa shape index (κ2) is 7.31. The van der Waals surface area contributed by atoms with E-state index in [0.29, 0.717) is 16.7 Å². The molecule has 0 aliphatic carbocycles. The molecule has 26 heavy (non-hydrogen) atoms. The highest BCUT2D eigenvalue weighted by Crippen LogP contribution is 2.24. The van der Waals surface area contributed by atoms with Gasteiger partial charge in [-0.2, -0.15) is 0 Å². The number of carbonyl (C=O) groups is 2. The lowest BCUT2D eigenvalue weighted by molar-refractivity contribution is -0.139. The fraction of sp³-hybridized carbons (Fsp3) is 0.200. The molecule has 3 rings (SSSR count). The van der Waals surface area contributed by atoms with E-state index in [2.05, 4.69) is 5.32 Å². The fourth-order valence-corrected chi connectivity index (χ4v) is 2.65. The van der Waals surface area contributed by atoms with E-state index in [0.717, 1.165) is 11.1 Å². The number of benzene rings is 2. The average molecular weight is 353 g/mol. The van der Waals surface area contributed by atoms with Gasteiger partial charge in [0.25, 0.3) is 5.91 Å². The van der Waals surface area contributed by atoms with Crippen molar-refractivity contribution in [3.63, 3.8) is 0 Å². The Balaban J connectivity index is 1.77. The van der Waals surface area contributed by atoms with Crippen LogP contribution < -0.4 is 10.1 Å². The number of aryl methyl sites for hydroxylation is 1. The number of hydrogen-bond donors (Lipinski definition) is 2. The first-order valence-electron chi connectivity index (χ1n) is 8.13. The third kappa shape index (κ3) is 3.85. The Morgan fingerprint density at radius 1 is 1.15 bits per heavy atom. The van der Waals surface area contributed by atoms with Crippen molar-refractivity contribution in [1.82, 2.24) is 5.32 Å². The molecule has 134 valence electrons. The van der Waals surface area contributed by atoms with E-state index in [1.54, 1.807) is 31.4 Å². The van der Waals surface area contributed by atoms with Crippen molar-refractivity contribution in [3.05, 3.63) is 65.4 Å². The summed E-state index contributed by atoms with van der Waals surface area (Å²) in [5.74, 6) is -0.965. The third-order valence-corrected chi connectivity index (χ3v) is 4.11. The van der Waals surface area contributed by atoms with Gasteiger partial charge in [-0.25, -0.2) is 4.79 Å². The van der Waals surface area contributed by atoms with Gasteiger partial charge in [0, 0.05) is 11.8 Å².